The predicted octanol–water partition coefficient (Wildman–Crippen LogP) is 0.719. The van der Waals surface area contributed by atoms with Gasteiger partial charge in [-0.25, -0.2) is 4.79 Å². The smallest absolute Gasteiger partial charge is 0.333 e. The van der Waals surface area contributed by atoms with Gasteiger partial charge in [-0.3, -0.25) is 9.04 Å². The Kier molecular flexibility index (Phi) is 6.36. The summed E-state index contributed by atoms with van der Waals surface area (Å²) in [6.45, 7) is 5.64. The lowest BCUT2D eigenvalue weighted by Crippen LogP contribution is -2.43. The van der Waals surface area contributed by atoms with Crippen molar-refractivity contribution in [3.63, 3.8) is 0 Å². The van der Waals surface area contributed by atoms with Crippen molar-refractivity contribution in [1.82, 2.24) is 0 Å². The lowest BCUT2D eigenvalue weighted by Gasteiger charge is -2.32. The molecule has 6 nitrogen and oxygen atoms in total. The van der Waals surface area contributed by atoms with Gasteiger partial charge in [0, 0.05) is 6.42 Å². The van der Waals surface area contributed by atoms with Gasteiger partial charge in [0.15, 0.2) is 0 Å². The molecule has 0 aliphatic carbocycles. The molecule has 2 N–H and O–H groups in total. The molecule has 17 heavy (non-hydrogen) atoms. The van der Waals surface area contributed by atoms with Crippen LogP contribution in [0.5, 0.6) is 0 Å². The lowest BCUT2D eigenvalue weighted by atomic mass is 10.3. The highest BCUT2D eigenvalue weighted by molar-refractivity contribution is 7.85. The summed E-state index contributed by atoms with van der Waals surface area (Å²) in [5.74, 6) is -1.32. The predicted molar refractivity (Wildman–Crippen MR) is 64.0 cm³/mol. The normalized spacial score (nSPS) is 13.1. The van der Waals surface area contributed by atoms with E-state index in [4.69, 9.17) is 9.66 Å². The first-order valence-corrected chi connectivity index (χ1v) is 7.08. The molecule has 0 heterocycles. The summed E-state index contributed by atoms with van der Waals surface area (Å²) >= 11 is 0. The van der Waals surface area contributed by atoms with Crippen LogP contribution in [0.1, 0.15) is 20.3 Å². The standard InChI is InChI=1S/C10H19NO5S/c1-3-11(4-2,8-6-10(12)13)7-5-9-17(14,15)16/h6,8H,3-5,7,9H2,1-2H3,(H-,12,13,14,15,16)/p+1/b8-6+. The molecule has 0 fully saturated rings. The molecule has 0 saturated carbocycles. The zero-order valence-corrected chi connectivity index (χ0v) is 11.0. The maximum Gasteiger partial charge on any atom is 0.333 e. The Morgan fingerprint density at radius 3 is 2.18 bits per heavy atom. The molecule has 0 aromatic heterocycles. The number of aliphatic carboxylic acids is 1. The van der Waals surface area contributed by atoms with E-state index in [0.29, 0.717) is 30.5 Å². The summed E-state index contributed by atoms with van der Waals surface area (Å²) < 4.78 is 30.2. The third-order valence-electron chi connectivity index (χ3n) is 2.80. The molecule has 0 saturated heterocycles. The highest BCUT2D eigenvalue weighted by Crippen LogP contribution is 2.10. The molecule has 0 bridgehead atoms. The maximum absolute atomic E-state index is 10.6. The molecule has 7 heteroatoms. The molecule has 0 aromatic rings. The van der Waals surface area contributed by atoms with Gasteiger partial charge < -0.3 is 5.11 Å². The Morgan fingerprint density at radius 2 is 1.82 bits per heavy atom. The topological polar surface area (TPSA) is 91.7 Å². The van der Waals surface area contributed by atoms with Crippen molar-refractivity contribution in [2.75, 3.05) is 25.4 Å². The van der Waals surface area contributed by atoms with Gasteiger partial charge in [-0.2, -0.15) is 8.42 Å². The van der Waals surface area contributed by atoms with Crippen LogP contribution in [-0.4, -0.2) is 53.9 Å². The van der Waals surface area contributed by atoms with Gasteiger partial charge in [0.1, 0.15) is 6.20 Å². The average molecular weight is 266 g/mol. The first-order valence-electron chi connectivity index (χ1n) is 5.48. The number of quaternary nitrogens is 1. The zero-order chi connectivity index (χ0) is 13.5. The van der Waals surface area contributed by atoms with E-state index in [1.54, 1.807) is 6.20 Å². The quantitative estimate of drug-likeness (QED) is 0.384. The summed E-state index contributed by atoms with van der Waals surface area (Å²) in [7, 11) is -3.94. The molecule has 0 rings (SSSR count). The largest absolute Gasteiger partial charge is 0.478 e. The number of carboxylic acids is 1. The fraction of sp³-hybridized carbons (Fsp3) is 0.700. The van der Waals surface area contributed by atoms with Crippen LogP contribution < -0.4 is 0 Å². The number of nitrogens with zero attached hydrogens (tertiary/aromatic N) is 1. The van der Waals surface area contributed by atoms with Crippen molar-refractivity contribution < 1.29 is 27.4 Å². The summed E-state index contributed by atoms with van der Waals surface area (Å²) in [4.78, 5) is 10.5. The average Bonchev–Trinajstić information content (AvgIpc) is 2.21. The van der Waals surface area contributed by atoms with Crippen molar-refractivity contribution in [2.24, 2.45) is 0 Å². The second kappa shape index (κ2) is 6.73. The van der Waals surface area contributed by atoms with Crippen LogP contribution in [0.2, 0.25) is 0 Å². The van der Waals surface area contributed by atoms with Gasteiger partial charge in [0.25, 0.3) is 10.1 Å². The van der Waals surface area contributed by atoms with E-state index in [2.05, 4.69) is 0 Å². The van der Waals surface area contributed by atoms with Gasteiger partial charge in [-0.15, -0.1) is 0 Å². The summed E-state index contributed by atoms with van der Waals surface area (Å²) in [6, 6.07) is 0. The van der Waals surface area contributed by atoms with Gasteiger partial charge >= 0.3 is 5.97 Å². The van der Waals surface area contributed by atoms with Crippen LogP contribution in [0.4, 0.5) is 0 Å². The number of hydrogen-bond donors (Lipinski definition) is 2. The Labute approximate surface area is 102 Å². The minimum Gasteiger partial charge on any atom is -0.478 e. The van der Waals surface area contributed by atoms with E-state index in [1.807, 2.05) is 13.8 Å². The maximum atomic E-state index is 10.6. The van der Waals surface area contributed by atoms with Crippen LogP contribution in [-0.2, 0) is 14.9 Å². The van der Waals surface area contributed by atoms with E-state index >= 15 is 0 Å². The van der Waals surface area contributed by atoms with E-state index < -0.39 is 16.1 Å². The zero-order valence-electron chi connectivity index (χ0n) is 10.2. The first kappa shape index (κ1) is 16.1. The molecule has 0 atom stereocenters. The lowest BCUT2D eigenvalue weighted by molar-refractivity contribution is -0.875. The van der Waals surface area contributed by atoms with Crippen molar-refractivity contribution in [3.8, 4) is 0 Å². The van der Waals surface area contributed by atoms with E-state index in [-0.39, 0.29) is 5.75 Å². The van der Waals surface area contributed by atoms with E-state index in [0.717, 1.165) is 6.08 Å². The summed E-state index contributed by atoms with van der Waals surface area (Å²) in [5, 5.41) is 8.59. The highest BCUT2D eigenvalue weighted by atomic mass is 32.2. The molecule has 0 aromatic carbocycles. The molecule has 0 radical (unpaired) electrons. The van der Waals surface area contributed by atoms with Crippen LogP contribution in [0.15, 0.2) is 12.3 Å². The van der Waals surface area contributed by atoms with Gasteiger partial charge in [-0.1, -0.05) is 0 Å². The van der Waals surface area contributed by atoms with Crippen LogP contribution in [0.3, 0.4) is 0 Å². The molecule has 0 aliphatic heterocycles. The van der Waals surface area contributed by atoms with E-state index in [1.165, 1.54) is 0 Å². The molecule has 100 valence electrons. The van der Waals surface area contributed by atoms with E-state index in [9.17, 15) is 13.2 Å². The van der Waals surface area contributed by atoms with Crippen molar-refractivity contribution >= 4 is 16.1 Å². The van der Waals surface area contributed by atoms with Crippen LogP contribution in [0.25, 0.3) is 0 Å². The fourth-order valence-corrected chi connectivity index (χ4v) is 2.10. The Morgan fingerprint density at radius 1 is 1.29 bits per heavy atom. The van der Waals surface area contributed by atoms with Crippen LogP contribution in [0, 0.1) is 0 Å². The minimum atomic E-state index is -3.94. The number of rotatable bonds is 8. The number of carboxylic acid groups (broad SMARTS) is 1. The SMILES string of the molecule is CC[N+](/C=C/C(=O)O)(CC)CCCS(=O)(=O)O. The molecule has 0 spiro atoms. The van der Waals surface area contributed by atoms with Crippen molar-refractivity contribution in [3.05, 3.63) is 12.3 Å². The minimum absolute atomic E-state index is 0.296. The van der Waals surface area contributed by atoms with Gasteiger partial charge in [0.05, 0.1) is 31.5 Å². The molecule has 0 unspecified atom stereocenters. The monoisotopic (exact) mass is 266 g/mol. The molecular weight excluding hydrogens is 246 g/mol. The van der Waals surface area contributed by atoms with Gasteiger partial charge in [0.2, 0.25) is 0 Å². The van der Waals surface area contributed by atoms with Crippen molar-refractivity contribution in [1.29, 1.82) is 0 Å². The summed E-state index contributed by atoms with van der Waals surface area (Å²) in [5.41, 5.74) is 0. The second-order valence-corrected chi connectivity index (χ2v) is 5.44. The molecular formula is C10H20NO5S+. The van der Waals surface area contributed by atoms with Crippen molar-refractivity contribution in [2.45, 2.75) is 20.3 Å². The fourth-order valence-electron chi connectivity index (χ4n) is 1.61. The Bertz CT molecular complexity index is 370. The second-order valence-electron chi connectivity index (χ2n) is 3.87. The Balaban J connectivity index is 4.56. The third kappa shape index (κ3) is 7.09. The highest BCUT2D eigenvalue weighted by Gasteiger charge is 2.21. The molecule has 0 aliphatic rings. The third-order valence-corrected chi connectivity index (χ3v) is 3.60. The Hall–Kier alpha value is -0.920. The number of carbonyl (C=O) groups is 1. The van der Waals surface area contributed by atoms with Gasteiger partial charge in [-0.05, 0) is 13.8 Å². The summed E-state index contributed by atoms with van der Waals surface area (Å²) in [6.07, 6.45) is 2.93. The number of hydrogen-bond acceptors (Lipinski definition) is 3. The molecule has 0 amide bonds. The van der Waals surface area contributed by atoms with Crippen LogP contribution >= 0.6 is 0 Å². The first-order chi connectivity index (χ1) is 7.74.